The molecule has 0 saturated heterocycles. The van der Waals surface area contributed by atoms with Crippen LogP contribution in [0.4, 0.5) is 0 Å². The van der Waals surface area contributed by atoms with E-state index in [1.807, 2.05) is 6.08 Å². The normalized spacial score (nSPS) is 17.4. The van der Waals surface area contributed by atoms with Gasteiger partial charge >= 0.3 is 0 Å². The van der Waals surface area contributed by atoms with Crippen molar-refractivity contribution in [1.82, 2.24) is 0 Å². The third-order valence-corrected chi connectivity index (χ3v) is 6.81. The van der Waals surface area contributed by atoms with Crippen molar-refractivity contribution in [1.29, 1.82) is 0 Å². The molecule has 0 bridgehead atoms. The van der Waals surface area contributed by atoms with Gasteiger partial charge in [-0.15, -0.1) is 0 Å². The molecule has 4 aromatic rings. The molecule has 38 heavy (non-hydrogen) atoms. The number of hydrogen-bond donors (Lipinski definition) is 6. The number of fused-ring (bicyclic) bond motifs is 1. The lowest BCUT2D eigenvalue weighted by atomic mass is 9.79. The van der Waals surface area contributed by atoms with Crippen molar-refractivity contribution in [2.75, 3.05) is 14.2 Å². The van der Waals surface area contributed by atoms with Gasteiger partial charge in [0.2, 0.25) is 0 Å². The summed E-state index contributed by atoms with van der Waals surface area (Å²) in [5, 5.41) is 62.5. The summed E-state index contributed by atoms with van der Waals surface area (Å²) in [4.78, 5) is 0. The first-order valence-electron chi connectivity index (χ1n) is 11.7. The van der Waals surface area contributed by atoms with Gasteiger partial charge in [0.15, 0.2) is 23.0 Å². The van der Waals surface area contributed by atoms with E-state index in [2.05, 4.69) is 0 Å². The molecule has 2 atom stereocenters. The molecule has 0 fully saturated rings. The highest BCUT2D eigenvalue weighted by molar-refractivity contribution is 5.93. The van der Waals surface area contributed by atoms with Crippen LogP contribution in [0.5, 0.6) is 46.0 Å². The average molecular weight is 515 g/mol. The SMILES string of the molecule is COc1cc(/C=C2\c3cc(O)cc(O)c3C(c3ccc(O)c(OC)c3)C2c2cc(O)cc(O)c2)ccc1O. The minimum absolute atomic E-state index is 0.0275. The van der Waals surface area contributed by atoms with Crippen molar-refractivity contribution in [2.24, 2.45) is 0 Å². The van der Waals surface area contributed by atoms with Crippen LogP contribution in [0, 0.1) is 0 Å². The first-order valence-corrected chi connectivity index (χ1v) is 11.7. The van der Waals surface area contributed by atoms with Gasteiger partial charge < -0.3 is 40.1 Å². The highest BCUT2D eigenvalue weighted by Crippen LogP contribution is 2.59. The maximum atomic E-state index is 11.1. The molecule has 2 unspecified atom stereocenters. The monoisotopic (exact) mass is 514 g/mol. The van der Waals surface area contributed by atoms with Crippen LogP contribution in [0.15, 0.2) is 66.7 Å². The van der Waals surface area contributed by atoms with Crippen molar-refractivity contribution < 1.29 is 40.1 Å². The minimum Gasteiger partial charge on any atom is -0.508 e. The molecule has 0 aliphatic heterocycles. The predicted molar refractivity (Wildman–Crippen MR) is 141 cm³/mol. The molecule has 8 nitrogen and oxygen atoms in total. The van der Waals surface area contributed by atoms with E-state index in [-0.39, 0.29) is 46.0 Å². The fourth-order valence-corrected chi connectivity index (χ4v) is 5.25. The summed E-state index contributed by atoms with van der Waals surface area (Å²) in [7, 11) is 2.88. The molecule has 194 valence electrons. The van der Waals surface area contributed by atoms with E-state index in [4.69, 9.17) is 9.47 Å². The molecule has 0 radical (unpaired) electrons. The van der Waals surface area contributed by atoms with Crippen LogP contribution in [0.25, 0.3) is 11.6 Å². The van der Waals surface area contributed by atoms with E-state index in [1.165, 1.54) is 50.6 Å². The van der Waals surface area contributed by atoms with Crippen LogP contribution in [-0.4, -0.2) is 44.9 Å². The molecule has 6 N–H and O–H groups in total. The Bertz CT molecular complexity index is 1550. The Hall–Kier alpha value is -4.98. The molecule has 5 rings (SSSR count). The van der Waals surface area contributed by atoms with Gasteiger partial charge in [0.05, 0.1) is 14.2 Å². The van der Waals surface area contributed by atoms with E-state index in [0.29, 0.717) is 33.4 Å². The smallest absolute Gasteiger partial charge is 0.161 e. The van der Waals surface area contributed by atoms with E-state index in [0.717, 1.165) is 0 Å². The molecule has 0 heterocycles. The van der Waals surface area contributed by atoms with E-state index < -0.39 is 11.8 Å². The Morgan fingerprint density at radius 1 is 0.579 bits per heavy atom. The second kappa shape index (κ2) is 9.48. The maximum absolute atomic E-state index is 11.1. The van der Waals surface area contributed by atoms with Crippen LogP contribution in [0.1, 0.15) is 39.7 Å². The van der Waals surface area contributed by atoms with Crippen LogP contribution < -0.4 is 9.47 Å². The number of allylic oxidation sites excluding steroid dienone is 1. The second-order valence-electron chi connectivity index (χ2n) is 9.13. The quantitative estimate of drug-likeness (QED) is 0.208. The summed E-state index contributed by atoms with van der Waals surface area (Å²) in [5.41, 5.74) is 3.63. The summed E-state index contributed by atoms with van der Waals surface area (Å²) in [6, 6.07) is 16.8. The van der Waals surface area contributed by atoms with Crippen molar-refractivity contribution in [3.63, 3.8) is 0 Å². The molecule has 0 saturated carbocycles. The number of ether oxygens (including phenoxy) is 2. The minimum atomic E-state index is -0.565. The maximum Gasteiger partial charge on any atom is 0.161 e. The Morgan fingerprint density at radius 2 is 1.18 bits per heavy atom. The van der Waals surface area contributed by atoms with Gasteiger partial charge in [-0.3, -0.25) is 0 Å². The molecule has 0 amide bonds. The molecule has 1 aliphatic carbocycles. The third kappa shape index (κ3) is 4.26. The number of rotatable bonds is 5. The van der Waals surface area contributed by atoms with Gasteiger partial charge in [-0.05, 0) is 70.3 Å². The number of hydrogen-bond acceptors (Lipinski definition) is 8. The van der Waals surface area contributed by atoms with Crippen molar-refractivity contribution in [3.05, 3.63) is 94.5 Å². The number of phenolic OH excluding ortho intramolecular Hbond substituents is 6. The van der Waals surface area contributed by atoms with Crippen LogP contribution in [0.3, 0.4) is 0 Å². The number of phenols is 6. The zero-order valence-corrected chi connectivity index (χ0v) is 20.6. The summed E-state index contributed by atoms with van der Waals surface area (Å²) < 4.78 is 10.6. The van der Waals surface area contributed by atoms with E-state index in [9.17, 15) is 30.6 Å². The third-order valence-electron chi connectivity index (χ3n) is 6.81. The fraction of sp³-hybridized carbons (Fsp3) is 0.133. The molecule has 0 aromatic heterocycles. The largest absolute Gasteiger partial charge is 0.508 e. The summed E-state index contributed by atoms with van der Waals surface area (Å²) in [6.45, 7) is 0. The number of methoxy groups -OCH3 is 2. The lowest BCUT2D eigenvalue weighted by molar-refractivity contribution is 0.372. The van der Waals surface area contributed by atoms with Crippen LogP contribution in [0.2, 0.25) is 0 Å². The molecular formula is C30H26O8. The molecule has 4 aromatic carbocycles. The molecular weight excluding hydrogens is 488 g/mol. The average Bonchev–Trinajstić information content (AvgIpc) is 3.19. The molecule has 0 spiro atoms. The first-order chi connectivity index (χ1) is 18.2. The van der Waals surface area contributed by atoms with Gasteiger partial charge in [0.1, 0.15) is 23.0 Å². The van der Waals surface area contributed by atoms with Gasteiger partial charge in [-0.25, -0.2) is 0 Å². The fourth-order valence-electron chi connectivity index (χ4n) is 5.25. The van der Waals surface area contributed by atoms with Crippen molar-refractivity contribution >= 4 is 11.6 Å². The highest BCUT2D eigenvalue weighted by atomic mass is 16.5. The Labute approximate surface area is 218 Å². The van der Waals surface area contributed by atoms with E-state index in [1.54, 1.807) is 30.3 Å². The standard InChI is InChI=1S/C30H26O8/c1-37-26-8-15(3-5-23(26)34)7-21-22-13-20(33)14-25(36)30(22)29(16-4-6-24(35)27(11-16)38-2)28(21)17-9-18(31)12-19(32)10-17/h3-14,28-29,31-36H,1-2H3/b21-7+. The van der Waals surface area contributed by atoms with Crippen LogP contribution >= 0.6 is 0 Å². The van der Waals surface area contributed by atoms with Gasteiger partial charge in [-0.1, -0.05) is 18.2 Å². The summed E-state index contributed by atoms with van der Waals surface area (Å²) >= 11 is 0. The van der Waals surface area contributed by atoms with Crippen LogP contribution in [-0.2, 0) is 0 Å². The second-order valence-corrected chi connectivity index (χ2v) is 9.13. The zero-order chi connectivity index (χ0) is 27.1. The van der Waals surface area contributed by atoms with E-state index >= 15 is 0 Å². The lowest BCUT2D eigenvalue weighted by Gasteiger charge is -2.24. The Balaban J connectivity index is 1.84. The lowest BCUT2D eigenvalue weighted by Crippen LogP contribution is -2.08. The predicted octanol–water partition coefficient (Wildman–Crippen LogP) is 5.41. The van der Waals surface area contributed by atoms with Crippen molar-refractivity contribution in [3.8, 4) is 46.0 Å². The highest BCUT2D eigenvalue weighted by Gasteiger charge is 2.41. The topological polar surface area (TPSA) is 140 Å². The van der Waals surface area contributed by atoms with Gasteiger partial charge in [0, 0.05) is 29.5 Å². The zero-order valence-electron chi connectivity index (χ0n) is 20.6. The summed E-state index contributed by atoms with van der Waals surface area (Å²) in [6.07, 6.45) is 1.84. The summed E-state index contributed by atoms with van der Waals surface area (Å²) in [5.74, 6) is -1.27. The molecule has 1 aliphatic rings. The first kappa shape index (κ1) is 24.7. The number of aromatic hydroxyl groups is 6. The Morgan fingerprint density at radius 3 is 1.84 bits per heavy atom. The molecule has 8 heteroatoms. The van der Waals surface area contributed by atoms with Crippen molar-refractivity contribution in [2.45, 2.75) is 11.8 Å². The Kier molecular flexibility index (Phi) is 6.16. The number of benzene rings is 4. The van der Waals surface area contributed by atoms with Gasteiger partial charge in [-0.2, -0.15) is 0 Å². The van der Waals surface area contributed by atoms with Gasteiger partial charge in [0.25, 0.3) is 0 Å².